The molecule has 0 radical (unpaired) electrons. The highest BCUT2D eigenvalue weighted by molar-refractivity contribution is 6.29. The second-order valence-electron chi connectivity index (χ2n) is 20.5. The van der Waals surface area contributed by atoms with Gasteiger partial charge in [-0.25, -0.2) is 16.3 Å². The highest BCUT2D eigenvalue weighted by Gasteiger charge is 2.26. The second-order valence-corrected chi connectivity index (χ2v) is 21.0. The number of aromatic amines is 3. The number of anilines is 3. The van der Waals surface area contributed by atoms with Crippen LogP contribution in [-0.2, 0) is 48.6 Å². The number of alkyl halides is 2. The molecule has 27 nitrogen and oxygen atoms in total. The van der Waals surface area contributed by atoms with E-state index >= 15 is 0 Å². The molecule has 11 aromatic rings. The van der Waals surface area contributed by atoms with Crippen molar-refractivity contribution in [2.24, 2.45) is 42.2 Å². The van der Waals surface area contributed by atoms with Gasteiger partial charge in [0.2, 0.25) is 11.8 Å². The predicted octanol–water partition coefficient (Wildman–Crippen LogP) is 6.88. The van der Waals surface area contributed by atoms with Crippen LogP contribution in [0.5, 0.6) is 0 Å². The summed E-state index contributed by atoms with van der Waals surface area (Å²) in [6.07, 6.45) is 15.8. The molecule has 3 aliphatic rings. The van der Waals surface area contributed by atoms with Crippen LogP contribution in [0.4, 0.5) is 17.1 Å². The quantitative estimate of drug-likeness (QED) is 0.0439. The van der Waals surface area contributed by atoms with Gasteiger partial charge in [0.05, 0.1) is 77.6 Å². The van der Waals surface area contributed by atoms with Crippen LogP contribution in [0, 0.1) is 0 Å². The minimum absolute atomic E-state index is 0.147. The maximum Gasteiger partial charge on any atom is 0.318 e. The standard InChI is InChI=1S/C23H21N7O2.C16H13ClN6O2.C14H12N6O.C7H9N.C2H3ClO2/c1-30-13-15(10-26-30)22-18-11-25-29-23(32)17-7-16(8-19(28-22)21(17)18)27-20(31)12-24-9-14-5-3-2-4-6-14;1-23-7-8(5-19-23)15-11-6-18-22-16(25)10-2-9(20-13(24)4-17)3-12(21-15)14(10)11;1-20-6-7(4-17-20)13-10-5-16-19-14(21)9-2-8(15)3-11(18-13)12(9)10;8-6-7-4-2-1-3-5-7;3-1-2(4)5/h2-8,10-11,13,24,28H,9,12H2,1H3,(H,27,31)(H,29,32);2-3,5-7,21H,4H2,1H3,(H,20,24)(H,22,25);2-6,18H,15H2,1H3,(H,19,21);1-5H,6,8H2;1H2,(H,4,5). The maximum atomic E-state index is 12.6. The van der Waals surface area contributed by atoms with Crippen LogP contribution < -0.4 is 43.7 Å². The number of carboxylic acids is 1. The van der Waals surface area contributed by atoms with Gasteiger partial charge in [0.25, 0.3) is 17.7 Å². The van der Waals surface area contributed by atoms with Crippen molar-refractivity contribution < 1.29 is 33.9 Å². The van der Waals surface area contributed by atoms with Crippen molar-refractivity contribution >= 4 is 127 Å². The van der Waals surface area contributed by atoms with Crippen LogP contribution in [0.3, 0.4) is 0 Å². The van der Waals surface area contributed by atoms with Crippen molar-refractivity contribution in [3.8, 4) is 33.8 Å². The molecule has 29 heteroatoms. The zero-order chi connectivity index (χ0) is 64.3. The Bertz CT molecular complexity index is 4650. The van der Waals surface area contributed by atoms with Crippen molar-refractivity contribution in [3.63, 3.8) is 0 Å². The number of nitrogens with one attached hydrogen (secondary N) is 9. The largest absolute Gasteiger partial charge is 0.480 e. The Hall–Kier alpha value is -11.5. The topological polar surface area (TPSA) is 385 Å². The average Bonchev–Trinajstić information content (AvgIpc) is 1.63. The summed E-state index contributed by atoms with van der Waals surface area (Å²) in [6, 6.07) is 30.2. The predicted molar refractivity (Wildman–Crippen MR) is 350 cm³/mol. The fourth-order valence-corrected chi connectivity index (χ4v) is 10.1. The highest BCUT2D eigenvalue weighted by Crippen LogP contribution is 2.37. The molecule has 0 bridgehead atoms. The van der Waals surface area contributed by atoms with Gasteiger partial charge in [-0.2, -0.15) is 30.6 Å². The van der Waals surface area contributed by atoms with E-state index in [0.717, 1.165) is 83.2 Å². The lowest BCUT2D eigenvalue weighted by atomic mass is 10.0. The zero-order valence-electron chi connectivity index (χ0n) is 48.8. The summed E-state index contributed by atoms with van der Waals surface area (Å²) in [5, 5.41) is 43.2. The summed E-state index contributed by atoms with van der Waals surface area (Å²) in [4.78, 5) is 80.3. The van der Waals surface area contributed by atoms with E-state index in [4.69, 9.17) is 39.8 Å². The lowest BCUT2D eigenvalue weighted by Crippen LogP contribution is -2.27. The Morgan fingerprint density at radius 1 is 0.538 bits per heavy atom. The summed E-state index contributed by atoms with van der Waals surface area (Å²) in [6.45, 7) is 1.38. The summed E-state index contributed by atoms with van der Waals surface area (Å²) in [5.41, 5.74) is 33.7. The Morgan fingerprint density at radius 3 is 1.29 bits per heavy atom. The average molecular weight is 1270 g/mol. The number of hydrogen-bond acceptors (Lipinski definition) is 15. The molecule has 0 fully saturated rings. The van der Waals surface area contributed by atoms with E-state index in [1.165, 1.54) is 5.56 Å². The number of carbonyl (C=O) groups excluding carboxylic acids is 5. The van der Waals surface area contributed by atoms with Crippen LogP contribution in [0.15, 0.2) is 150 Å². The summed E-state index contributed by atoms with van der Waals surface area (Å²) in [7, 11) is 5.52. The Kier molecular flexibility index (Phi) is 19.3. The van der Waals surface area contributed by atoms with Crippen molar-refractivity contribution in [1.29, 1.82) is 0 Å². The molecule has 9 heterocycles. The first-order valence-electron chi connectivity index (χ1n) is 27.7. The van der Waals surface area contributed by atoms with Gasteiger partial charge >= 0.3 is 5.97 Å². The van der Waals surface area contributed by atoms with Crippen LogP contribution in [-0.4, -0.2) is 122 Å². The van der Waals surface area contributed by atoms with Gasteiger partial charge < -0.3 is 47.5 Å². The van der Waals surface area contributed by atoms with Crippen molar-refractivity contribution in [1.82, 2.24) is 65.9 Å². The molecule has 6 aromatic heterocycles. The Labute approximate surface area is 526 Å². The number of hydrazone groups is 3. The molecule has 0 atom stereocenters. The van der Waals surface area contributed by atoms with E-state index in [1.54, 1.807) is 75.5 Å². The maximum absolute atomic E-state index is 12.6. The van der Waals surface area contributed by atoms with Gasteiger partial charge in [-0.1, -0.05) is 60.7 Å². The number of H-pyrrole nitrogens is 3. The third kappa shape index (κ3) is 14.6. The van der Waals surface area contributed by atoms with Gasteiger partial charge in [0.1, 0.15) is 11.8 Å². The molecule has 0 saturated heterocycles. The van der Waals surface area contributed by atoms with E-state index < -0.39 is 5.97 Å². The number of nitrogens with zero attached hydrogens (tertiary/aromatic N) is 9. The molecule has 0 saturated carbocycles. The summed E-state index contributed by atoms with van der Waals surface area (Å²) < 4.78 is 5.12. The second kappa shape index (κ2) is 28.1. The number of aromatic nitrogens is 9. The van der Waals surface area contributed by atoms with Gasteiger partial charge in [-0.3, -0.25) is 42.8 Å². The molecule has 14 rings (SSSR count). The number of rotatable bonds is 12. The van der Waals surface area contributed by atoms with E-state index in [-0.39, 0.29) is 47.8 Å². The molecule has 0 aliphatic carbocycles. The van der Waals surface area contributed by atoms with Gasteiger partial charge in [0, 0.05) is 136 Å². The molecule has 462 valence electrons. The van der Waals surface area contributed by atoms with Crippen LogP contribution in [0.1, 0.15) is 58.9 Å². The molecule has 5 amide bonds. The first-order chi connectivity index (χ1) is 44.0. The summed E-state index contributed by atoms with van der Waals surface area (Å²) in [5.74, 6) is -2.95. The third-order valence-corrected chi connectivity index (χ3v) is 14.4. The SMILES string of the molecule is Cn1cc(-c2[nH]c3cc(N)cc4c3c2C=NNC4=O)cn1.Cn1cc(-c2[nH]c3cc(NC(=O)CCl)cc4c3c2C=NNC4=O)cn1.Cn1cc(-c2[nH]c3cc(NC(=O)CNCc4ccccc4)cc4c3c2C=NNC4=O)cn1.NCc1ccccc1.O=C(O)CCl. The molecular formula is C62H58Cl2N20O7. The fraction of sp³-hybridized carbons (Fsp3) is 0.129. The monoisotopic (exact) mass is 1260 g/mol. The smallest absolute Gasteiger partial charge is 0.318 e. The Balaban J connectivity index is 0.000000138. The molecule has 3 aliphatic heterocycles. The number of carbonyl (C=O) groups is 6. The lowest BCUT2D eigenvalue weighted by molar-refractivity contribution is -0.134. The zero-order valence-corrected chi connectivity index (χ0v) is 50.3. The molecule has 0 unspecified atom stereocenters. The molecule has 14 N–H and O–H groups in total. The first-order valence-corrected chi connectivity index (χ1v) is 28.8. The van der Waals surface area contributed by atoms with E-state index in [9.17, 15) is 28.8 Å². The number of hydrogen-bond donors (Lipinski definition) is 12. The van der Waals surface area contributed by atoms with Crippen LogP contribution in [0.2, 0.25) is 0 Å². The number of aryl methyl sites for hydroxylation is 3. The minimum atomic E-state index is -0.980. The highest BCUT2D eigenvalue weighted by atomic mass is 35.5. The van der Waals surface area contributed by atoms with Crippen molar-refractivity contribution in [3.05, 3.63) is 179 Å². The van der Waals surface area contributed by atoms with E-state index in [2.05, 4.69) is 77.8 Å². The molecular weight excluding hydrogens is 1210 g/mol. The van der Waals surface area contributed by atoms with Crippen molar-refractivity contribution in [2.75, 3.05) is 34.7 Å². The number of nitrogens with two attached hydrogens (primary N) is 2. The molecule has 0 spiro atoms. The normalized spacial score (nSPS) is 12.3. The molecule has 91 heavy (non-hydrogen) atoms. The lowest BCUT2D eigenvalue weighted by Gasteiger charge is -2.09. The number of carboxylic acid groups (broad SMARTS) is 1. The number of benzene rings is 5. The Morgan fingerprint density at radius 2 is 0.923 bits per heavy atom. The number of aliphatic carboxylic acids is 1. The summed E-state index contributed by atoms with van der Waals surface area (Å²) >= 11 is 10.3. The van der Waals surface area contributed by atoms with Crippen LogP contribution in [0.25, 0.3) is 66.5 Å². The number of nitrogen functional groups attached to an aromatic ring is 1. The van der Waals surface area contributed by atoms with E-state index in [0.29, 0.717) is 52.4 Å². The number of amides is 5. The first kappa shape index (κ1) is 62.5. The fourth-order valence-electron chi connectivity index (χ4n) is 10.1. The number of halogens is 2. The third-order valence-electron chi connectivity index (χ3n) is 14.0. The molecule has 5 aromatic carbocycles. The minimum Gasteiger partial charge on any atom is -0.480 e. The van der Waals surface area contributed by atoms with Gasteiger partial charge in [-0.05, 0) is 47.5 Å². The van der Waals surface area contributed by atoms with Gasteiger partial charge in [0.15, 0.2) is 0 Å². The van der Waals surface area contributed by atoms with Gasteiger partial charge in [-0.15, -0.1) is 23.2 Å². The van der Waals surface area contributed by atoms with Crippen LogP contribution >= 0.6 is 23.2 Å². The van der Waals surface area contributed by atoms with E-state index in [1.807, 2.05) is 113 Å². The van der Waals surface area contributed by atoms with Crippen molar-refractivity contribution in [2.45, 2.75) is 13.1 Å².